The second-order valence-corrected chi connectivity index (χ2v) is 8.63. The Kier molecular flexibility index (Phi) is 5.53. The summed E-state index contributed by atoms with van der Waals surface area (Å²) in [6, 6.07) is 14.9. The molecule has 7 nitrogen and oxygen atoms in total. The summed E-state index contributed by atoms with van der Waals surface area (Å²) in [7, 11) is 0. The van der Waals surface area contributed by atoms with E-state index in [1.165, 1.54) is 6.07 Å². The summed E-state index contributed by atoms with van der Waals surface area (Å²) in [5.74, 6) is -0.521. The van der Waals surface area contributed by atoms with Crippen LogP contribution in [0.25, 0.3) is 0 Å². The van der Waals surface area contributed by atoms with Gasteiger partial charge in [0.15, 0.2) is 17.3 Å². The smallest absolute Gasteiger partial charge is 0.222 e. The van der Waals surface area contributed by atoms with Crippen molar-refractivity contribution in [3.05, 3.63) is 82.4 Å². The van der Waals surface area contributed by atoms with Crippen molar-refractivity contribution in [2.45, 2.75) is 32.2 Å². The molecule has 5 rings (SSSR count). The number of likely N-dealkylation sites (tertiary alicyclic amines) is 1. The first kappa shape index (κ1) is 21.7. The van der Waals surface area contributed by atoms with Crippen LogP contribution in [0.4, 0.5) is 5.69 Å². The SMILES string of the molecule is Nc1c(Oc2ccc(CN3CCCCCC3=O)cc2)cc(O)c2c1C(=O)c1ccccc1C2=O. The number of carbonyl (C=O) groups excluding carboxylic acids is 3. The van der Waals surface area contributed by atoms with Gasteiger partial charge in [-0.15, -0.1) is 0 Å². The molecule has 7 heteroatoms. The molecule has 172 valence electrons. The maximum absolute atomic E-state index is 13.1. The Balaban J connectivity index is 1.40. The van der Waals surface area contributed by atoms with Gasteiger partial charge in [0, 0.05) is 36.7 Å². The Labute approximate surface area is 196 Å². The number of nitrogens with zero attached hydrogens (tertiary/aromatic N) is 1. The van der Waals surface area contributed by atoms with E-state index < -0.39 is 11.6 Å². The molecule has 3 aromatic carbocycles. The molecule has 0 atom stereocenters. The van der Waals surface area contributed by atoms with Crippen LogP contribution in [0.3, 0.4) is 0 Å². The maximum atomic E-state index is 13.1. The van der Waals surface area contributed by atoms with E-state index in [9.17, 15) is 19.5 Å². The lowest BCUT2D eigenvalue weighted by Gasteiger charge is -2.22. The normalized spacial score (nSPS) is 15.5. The molecule has 1 amide bonds. The molecule has 3 N–H and O–H groups in total. The summed E-state index contributed by atoms with van der Waals surface area (Å²) in [5.41, 5.74) is 7.57. The van der Waals surface area contributed by atoms with Gasteiger partial charge in [0.1, 0.15) is 11.5 Å². The fourth-order valence-electron chi connectivity index (χ4n) is 4.57. The van der Waals surface area contributed by atoms with Crippen LogP contribution in [-0.2, 0) is 11.3 Å². The number of phenolic OH excluding ortho intramolecular Hbond substituents is 1. The molecule has 1 heterocycles. The number of benzene rings is 3. The van der Waals surface area contributed by atoms with Crippen LogP contribution in [0.2, 0.25) is 0 Å². The topological polar surface area (TPSA) is 110 Å². The number of hydrogen-bond donors (Lipinski definition) is 2. The van der Waals surface area contributed by atoms with Gasteiger partial charge in [-0.3, -0.25) is 14.4 Å². The van der Waals surface area contributed by atoms with Crippen LogP contribution in [-0.4, -0.2) is 34.0 Å². The van der Waals surface area contributed by atoms with Crippen molar-refractivity contribution in [2.75, 3.05) is 12.3 Å². The minimum atomic E-state index is -0.451. The van der Waals surface area contributed by atoms with Crippen LogP contribution < -0.4 is 10.5 Å². The van der Waals surface area contributed by atoms with Crippen LogP contribution in [0.15, 0.2) is 54.6 Å². The summed E-state index contributed by atoms with van der Waals surface area (Å²) >= 11 is 0. The Morgan fingerprint density at radius 1 is 0.882 bits per heavy atom. The average molecular weight is 456 g/mol. The fourth-order valence-corrected chi connectivity index (χ4v) is 4.57. The summed E-state index contributed by atoms with van der Waals surface area (Å²) < 4.78 is 5.88. The first-order valence-corrected chi connectivity index (χ1v) is 11.3. The molecule has 0 aromatic heterocycles. The van der Waals surface area contributed by atoms with Crippen LogP contribution in [0, 0.1) is 0 Å². The van der Waals surface area contributed by atoms with Gasteiger partial charge in [0.05, 0.1) is 16.8 Å². The highest BCUT2D eigenvalue weighted by Gasteiger charge is 2.35. The third kappa shape index (κ3) is 3.79. The number of ketones is 2. The molecule has 1 aliphatic heterocycles. The molecule has 2 aliphatic rings. The number of phenols is 1. The number of aromatic hydroxyl groups is 1. The number of ether oxygens (including phenoxy) is 1. The Hall–Kier alpha value is -4.13. The largest absolute Gasteiger partial charge is 0.507 e. The molecular weight excluding hydrogens is 432 g/mol. The van der Waals surface area contributed by atoms with Gasteiger partial charge in [0.2, 0.25) is 5.91 Å². The van der Waals surface area contributed by atoms with Gasteiger partial charge in [-0.05, 0) is 30.5 Å². The predicted octanol–water partition coefficient (Wildman–Crippen LogP) is 4.44. The molecule has 0 spiro atoms. The van der Waals surface area contributed by atoms with Crippen molar-refractivity contribution in [1.82, 2.24) is 4.90 Å². The van der Waals surface area contributed by atoms with Gasteiger partial charge in [0.25, 0.3) is 0 Å². The second-order valence-electron chi connectivity index (χ2n) is 8.63. The molecule has 1 aliphatic carbocycles. The molecule has 1 saturated heterocycles. The predicted molar refractivity (Wildman–Crippen MR) is 126 cm³/mol. The summed E-state index contributed by atoms with van der Waals surface area (Å²) in [4.78, 5) is 40.1. The summed E-state index contributed by atoms with van der Waals surface area (Å²) in [5, 5.41) is 10.6. The maximum Gasteiger partial charge on any atom is 0.222 e. The fraction of sp³-hybridized carbons (Fsp3) is 0.222. The quantitative estimate of drug-likeness (QED) is 0.347. The van der Waals surface area contributed by atoms with Crippen LogP contribution in [0.1, 0.15) is 63.1 Å². The first-order valence-electron chi connectivity index (χ1n) is 11.3. The highest BCUT2D eigenvalue weighted by Crippen LogP contribution is 2.42. The van der Waals surface area contributed by atoms with E-state index in [1.54, 1.807) is 36.4 Å². The van der Waals surface area contributed by atoms with Crippen molar-refractivity contribution in [3.8, 4) is 17.2 Å². The Bertz CT molecular complexity index is 1310. The highest BCUT2D eigenvalue weighted by molar-refractivity contribution is 6.31. The van der Waals surface area contributed by atoms with Gasteiger partial charge in [-0.2, -0.15) is 0 Å². The average Bonchev–Trinajstić information content (AvgIpc) is 3.04. The number of anilines is 1. The lowest BCUT2D eigenvalue weighted by Crippen LogP contribution is -2.29. The lowest BCUT2D eigenvalue weighted by molar-refractivity contribution is -0.131. The molecule has 34 heavy (non-hydrogen) atoms. The standard InChI is InChI=1S/C27H24N2O5/c28-25-21(14-20(30)23-24(25)27(33)19-7-4-3-6-18(19)26(23)32)34-17-11-9-16(10-12-17)15-29-13-5-1-2-8-22(29)31/h3-4,6-7,9-12,14,30H,1-2,5,8,13,15,28H2. The zero-order valence-electron chi connectivity index (χ0n) is 18.5. The number of hydrogen-bond acceptors (Lipinski definition) is 6. The molecule has 3 aromatic rings. The number of nitrogens with two attached hydrogens (primary N) is 1. The number of carbonyl (C=O) groups is 3. The van der Waals surface area contributed by atoms with Gasteiger partial charge >= 0.3 is 0 Å². The molecule has 0 bridgehead atoms. The van der Waals surface area contributed by atoms with Crippen molar-refractivity contribution in [2.24, 2.45) is 0 Å². The summed E-state index contributed by atoms with van der Waals surface area (Å²) in [6.45, 7) is 1.30. The highest BCUT2D eigenvalue weighted by atomic mass is 16.5. The molecule has 0 saturated carbocycles. The zero-order valence-corrected chi connectivity index (χ0v) is 18.5. The minimum Gasteiger partial charge on any atom is -0.507 e. The monoisotopic (exact) mass is 456 g/mol. The van der Waals surface area contributed by atoms with E-state index in [0.29, 0.717) is 18.7 Å². The minimum absolute atomic E-state index is 0.0000991. The van der Waals surface area contributed by atoms with Crippen molar-refractivity contribution in [1.29, 1.82) is 0 Å². The third-order valence-electron chi connectivity index (χ3n) is 6.38. The summed E-state index contributed by atoms with van der Waals surface area (Å²) in [6.07, 6.45) is 3.62. The molecular formula is C27H24N2O5. The van der Waals surface area contributed by atoms with Crippen molar-refractivity contribution >= 4 is 23.2 Å². The van der Waals surface area contributed by atoms with E-state index >= 15 is 0 Å². The third-order valence-corrected chi connectivity index (χ3v) is 6.38. The van der Waals surface area contributed by atoms with E-state index in [0.717, 1.165) is 31.4 Å². The Morgan fingerprint density at radius 3 is 2.26 bits per heavy atom. The van der Waals surface area contributed by atoms with Crippen LogP contribution >= 0.6 is 0 Å². The first-order chi connectivity index (χ1) is 16.4. The second kappa shape index (κ2) is 8.67. The van der Waals surface area contributed by atoms with Gasteiger partial charge in [-0.1, -0.05) is 42.8 Å². The number of rotatable bonds is 4. The van der Waals surface area contributed by atoms with E-state index in [1.807, 2.05) is 17.0 Å². The molecule has 1 fully saturated rings. The Morgan fingerprint density at radius 2 is 1.56 bits per heavy atom. The van der Waals surface area contributed by atoms with Gasteiger partial charge < -0.3 is 20.5 Å². The lowest BCUT2D eigenvalue weighted by atomic mass is 9.82. The van der Waals surface area contributed by atoms with Crippen molar-refractivity contribution in [3.63, 3.8) is 0 Å². The zero-order chi connectivity index (χ0) is 23.8. The molecule has 0 unspecified atom stereocenters. The van der Waals surface area contributed by atoms with Crippen LogP contribution in [0.5, 0.6) is 17.2 Å². The van der Waals surface area contributed by atoms with E-state index in [-0.39, 0.29) is 45.3 Å². The number of amides is 1. The molecule has 0 radical (unpaired) electrons. The number of fused-ring (bicyclic) bond motifs is 2. The number of nitrogen functional groups attached to an aromatic ring is 1. The van der Waals surface area contributed by atoms with E-state index in [4.69, 9.17) is 10.5 Å². The van der Waals surface area contributed by atoms with Gasteiger partial charge in [-0.25, -0.2) is 0 Å². The van der Waals surface area contributed by atoms with Crippen molar-refractivity contribution < 1.29 is 24.2 Å². The van der Waals surface area contributed by atoms with E-state index in [2.05, 4.69) is 0 Å².